The molecule has 88 valence electrons. The molecule has 1 unspecified atom stereocenters. The van der Waals surface area contributed by atoms with Crippen LogP contribution in [0.1, 0.15) is 17.2 Å². The number of nitrogens with two attached hydrogens (primary N) is 1. The molecule has 0 amide bonds. The minimum absolute atomic E-state index is 0.0239. The van der Waals surface area contributed by atoms with Crippen LogP contribution in [-0.2, 0) is 0 Å². The van der Waals surface area contributed by atoms with E-state index in [-0.39, 0.29) is 12.6 Å². The maximum absolute atomic E-state index is 8.98. The van der Waals surface area contributed by atoms with Crippen molar-refractivity contribution in [1.29, 1.82) is 0 Å². The lowest BCUT2D eigenvalue weighted by Crippen LogP contribution is -2.14. The molecule has 0 aliphatic heterocycles. The van der Waals surface area contributed by atoms with Crippen LogP contribution >= 0.6 is 0 Å². The molecule has 2 rings (SSSR count). The average molecular weight is 227 g/mol. The molecule has 0 spiro atoms. The van der Waals surface area contributed by atoms with E-state index in [1.54, 1.807) is 0 Å². The molecule has 2 aromatic rings. The van der Waals surface area contributed by atoms with Gasteiger partial charge in [-0.1, -0.05) is 54.1 Å². The summed E-state index contributed by atoms with van der Waals surface area (Å²) in [4.78, 5) is 0. The summed E-state index contributed by atoms with van der Waals surface area (Å²) in [6.45, 7) is 2.05. The second-order valence-corrected chi connectivity index (χ2v) is 4.28. The van der Waals surface area contributed by atoms with Crippen LogP contribution in [0.15, 0.2) is 48.5 Å². The Morgan fingerprint density at radius 2 is 1.41 bits per heavy atom. The molecule has 0 fully saturated rings. The van der Waals surface area contributed by atoms with Gasteiger partial charge < -0.3 is 10.8 Å². The largest absolute Gasteiger partial charge is 0.394 e. The molecule has 17 heavy (non-hydrogen) atoms. The Morgan fingerprint density at radius 1 is 0.941 bits per heavy atom. The van der Waals surface area contributed by atoms with Crippen molar-refractivity contribution in [1.82, 2.24) is 0 Å². The molecular formula is C15H17NO. The number of hydrogen-bond donors (Lipinski definition) is 2. The third-order valence-electron chi connectivity index (χ3n) is 2.92. The fraction of sp³-hybridized carbons (Fsp3) is 0.200. The van der Waals surface area contributed by atoms with E-state index in [0.717, 1.165) is 5.56 Å². The van der Waals surface area contributed by atoms with Gasteiger partial charge in [0.25, 0.3) is 0 Å². The van der Waals surface area contributed by atoms with E-state index in [2.05, 4.69) is 31.2 Å². The highest BCUT2D eigenvalue weighted by atomic mass is 16.3. The predicted molar refractivity (Wildman–Crippen MR) is 70.6 cm³/mol. The maximum Gasteiger partial charge on any atom is 0.0624 e. The Labute approximate surface area is 102 Å². The summed E-state index contributed by atoms with van der Waals surface area (Å²) >= 11 is 0. The monoisotopic (exact) mass is 227 g/mol. The third kappa shape index (κ3) is 2.73. The molecule has 0 bridgehead atoms. The van der Waals surface area contributed by atoms with Gasteiger partial charge in [0.05, 0.1) is 12.6 Å². The Bertz CT molecular complexity index is 473. The van der Waals surface area contributed by atoms with E-state index in [0.29, 0.717) is 0 Å². The van der Waals surface area contributed by atoms with Gasteiger partial charge in [0.2, 0.25) is 0 Å². The lowest BCUT2D eigenvalue weighted by molar-refractivity contribution is 0.268. The zero-order valence-corrected chi connectivity index (χ0v) is 9.93. The predicted octanol–water partition coefficient (Wildman–Crippen LogP) is 2.65. The van der Waals surface area contributed by atoms with Gasteiger partial charge in [-0.3, -0.25) is 0 Å². The first-order valence-electron chi connectivity index (χ1n) is 5.74. The smallest absolute Gasteiger partial charge is 0.0624 e. The fourth-order valence-electron chi connectivity index (χ4n) is 1.77. The van der Waals surface area contributed by atoms with E-state index in [1.165, 1.54) is 16.7 Å². The van der Waals surface area contributed by atoms with Crippen molar-refractivity contribution in [2.45, 2.75) is 13.0 Å². The number of aryl methyl sites for hydroxylation is 1. The van der Waals surface area contributed by atoms with Crippen LogP contribution in [0.5, 0.6) is 0 Å². The van der Waals surface area contributed by atoms with Crippen LogP contribution in [0, 0.1) is 6.92 Å². The molecule has 0 aliphatic carbocycles. The molecule has 2 aromatic carbocycles. The van der Waals surface area contributed by atoms with E-state index >= 15 is 0 Å². The Hall–Kier alpha value is -1.64. The molecule has 0 aliphatic rings. The fourth-order valence-corrected chi connectivity index (χ4v) is 1.77. The SMILES string of the molecule is Cc1ccc(-c2ccc(C(N)CO)cc2)cc1. The van der Waals surface area contributed by atoms with E-state index in [4.69, 9.17) is 10.8 Å². The van der Waals surface area contributed by atoms with Crippen molar-refractivity contribution in [2.75, 3.05) is 6.61 Å². The van der Waals surface area contributed by atoms with Crippen LogP contribution in [0.4, 0.5) is 0 Å². The zero-order valence-electron chi connectivity index (χ0n) is 9.93. The summed E-state index contributed by atoms with van der Waals surface area (Å²) in [6.07, 6.45) is 0. The summed E-state index contributed by atoms with van der Waals surface area (Å²) in [6, 6.07) is 16.1. The average Bonchev–Trinajstić information content (AvgIpc) is 2.39. The Morgan fingerprint density at radius 3 is 1.88 bits per heavy atom. The number of aliphatic hydroxyl groups excluding tert-OH is 1. The normalized spacial score (nSPS) is 12.4. The molecular weight excluding hydrogens is 210 g/mol. The van der Waals surface area contributed by atoms with Gasteiger partial charge in [-0.25, -0.2) is 0 Å². The second kappa shape index (κ2) is 5.13. The van der Waals surface area contributed by atoms with Gasteiger partial charge in [0.15, 0.2) is 0 Å². The maximum atomic E-state index is 8.98. The lowest BCUT2D eigenvalue weighted by atomic mass is 10.0. The van der Waals surface area contributed by atoms with Gasteiger partial charge >= 0.3 is 0 Å². The van der Waals surface area contributed by atoms with Crippen LogP contribution in [-0.4, -0.2) is 11.7 Å². The summed E-state index contributed by atoms with van der Waals surface area (Å²) in [5.74, 6) is 0. The summed E-state index contributed by atoms with van der Waals surface area (Å²) in [5.41, 5.74) is 10.3. The van der Waals surface area contributed by atoms with Crippen molar-refractivity contribution in [3.05, 3.63) is 59.7 Å². The highest BCUT2D eigenvalue weighted by Crippen LogP contribution is 2.21. The van der Waals surface area contributed by atoms with E-state index in [1.807, 2.05) is 24.3 Å². The van der Waals surface area contributed by atoms with Crippen molar-refractivity contribution in [2.24, 2.45) is 5.73 Å². The van der Waals surface area contributed by atoms with E-state index in [9.17, 15) is 0 Å². The molecule has 2 nitrogen and oxygen atoms in total. The quantitative estimate of drug-likeness (QED) is 0.846. The van der Waals surface area contributed by atoms with Crippen LogP contribution in [0.3, 0.4) is 0 Å². The Balaban J connectivity index is 2.26. The highest BCUT2D eigenvalue weighted by molar-refractivity contribution is 5.64. The van der Waals surface area contributed by atoms with Crippen molar-refractivity contribution in [3.63, 3.8) is 0 Å². The number of benzene rings is 2. The molecule has 0 heterocycles. The molecule has 0 radical (unpaired) electrons. The van der Waals surface area contributed by atoms with Crippen molar-refractivity contribution >= 4 is 0 Å². The molecule has 2 heteroatoms. The van der Waals surface area contributed by atoms with Crippen LogP contribution in [0.25, 0.3) is 11.1 Å². The third-order valence-corrected chi connectivity index (χ3v) is 2.92. The molecule has 0 saturated carbocycles. The number of aliphatic hydroxyl groups is 1. The van der Waals surface area contributed by atoms with Gasteiger partial charge in [0.1, 0.15) is 0 Å². The molecule has 1 atom stereocenters. The first-order chi connectivity index (χ1) is 8.20. The number of hydrogen-bond acceptors (Lipinski definition) is 2. The Kier molecular flexibility index (Phi) is 3.57. The van der Waals surface area contributed by atoms with Gasteiger partial charge in [0, 0.05) is 0 Å². The van der Waals surface area contributed by atoms with Crippen molar-refractivity contribution < 1.29 is 5.11 Å². The van der Waals surface area contributed by atoms with Crippen LogP contribution < -0.4 is 5.73 Å². The first-order valence-corrected chi connectivity index (χ1v) is 5.74. The molecule has 0 aromatic heterocycles. The molecule has 3 N–H and O–H groups in total. The lowest BCUT2D eigenvalue weighted by Gasteiger charge is -2.09. The number of rotatable bonds is 3. The minimum atomic E-state index is -0.290. The molecule has 0 saturated heterocycles. The van der Waals surface area contributed by atoms with E-state index < -0.39 is 0 Å². The zero-order chi connectivity index (χ0) is 12.3. The topological polar surface area (TPSA) is 46.2 Å². The van der Waals surface area contributed by atoms with Gasteiger partial charge in [-0.15, -0.1) is 0 Å². The summed E-state index contributed by atoms with van der Waals surface area (Å²) < 4.78 is 0. The second-order valence-electron chi connectivity index (χ2n) is 4.28. The van der Waals surface area contributed by atoms with Crippen molar-refractivity contribution in [3.8, 4) is 11.1 Å². The highest BCUT2D eigenvalue weighted by Gasteiger charge is 2.04. The minimum Gasteiger partial charge on any atom is -0.394 e. The first kappa shape index (κ1) is 11.8. The summed E-state index contributed by atoms with van der Waals surface area (Å²) in [7, 11) is 0. The van der Waals surface area contributed by atoms with Gasteiger partial charge in [-0.05, 0) is 23.6 Å². The standard InChI is InChI=1S/C15H17NO/c1-11-2-4-12(5-3-11)13-6-8-14(9-7-13)15(16)10-17/h2-9,15,17H,10,16H2,1H3. The summed E-state index contributed by atoms with van der Waals surface area (Å²) in [5, 5.41) is 8.98. The van der Waals surface area contributed by atoms with Crippen LogP contribution in [0.2, 0.25) is 0 Å². The van der Waals surface area contributed by atoms with Gasteiger partial charge in [-0.2, -0.15) is 0 Å².